The second-order valence-electron chi connectivity index (χ2n) is 13.4. The Morgan fingerprint density at radius 2 is 1.04 bits per heavy atom. The van der Waals surface area contributed by atoms with Gasteiger partial charge < -0.3 is 25.2 Å². The standard InChI is InChI=1S/C42H72NO10P/c1-3-5-7-9-11-13-15-17-19-21-23-25-27-29-31-33-40(44)50-35-38(36-51-54(48,49)52-37-39(43)42(46)47)53-41(45)34-32-30-28-26-24-22-20-18-16-14-12-10-8-6-4-2/h5,7,10-13,17,19,23,25,38-39H,3-4,6,8-9,14-16,18,20-22,24,26-37,43H2,1-2H3,(H,46,47)(H,48,49)/b7-5+,12-10+,13-11+,19-17+,25-23+/t38-,39+/m1/s1. The number of unbranched alkanes of at least 4 members (excludes halogenated alkanes) is 13. The lowest BCUT2D eigenvalue weighted by Crippen LogP contribution is -2.34. The van der Waals surface area contributed by atoms with Crippen LogP contribution in [0.1, 0.15) is 155 Å². The van der Waals surface area contributed by atoms with Crippen LogP contribution in [0.4, 0.5) is 0 Å². The molecule has 0 rings (SSSR count). The average Bonchev–Trinajstić information content (AvgIpc) is 3.14. The smallest absolute Gasteiger partial charge is 0.472 e. The van der Waals surface area contributed by atoms with E-state index < -0.39 is 51.1 Å². The topological polar surface area (TPSA) is 172 Å². The number of hydrogen-bond acceptors (Lipinski definition) is 9. The van der Waals surface area contributed by atoms with Gasteiger partial charge in [0.05, 0.1) is 13.2 Å². The first-order chi connectivity index (χ1) is 26.1. The minimum atomic E-state index is -4.72. The Hall–Kier alpha value is -2.82. The van der Waals surface area contributed by atoms with Crippen molar-refractivity contribution < 1.29 is 47.5 Å². The highest BCUT2D eigenvalue weighted by Crippen LogP contribution is 2.43. The van der Waals surface area contributed by atoms with Gasteiger partial charge in [-0.3, -0.25) is 23.4 Å². The molecule has 0 fully saturated rings. The van der Waals surface area contributed by atoms with Gasteiger partial charge in [0.15, 0.2) is 6.10 Å². The molecular weight excluding hydrogens is 709 g/mol. The Balaban J connectivity index is 4.48. The second-order valence-corrected chi connectivity index (χ2v) is 14.8. The van der Waals surface area contributed by atoms with E-state index >= 15 is 0 Å². The number of nitrogens with two attached hydrogens (primary N) is 1. The van der Waals surface area contributed by atoms with E-state index in [9.17, 15) is 23.8 Å². The van der Waals surface area contributed by atoms with E-state index in [2.05, 4.69) is 79.1 Å². The van der Waals surface area contributed by atoms with E-state index in [1.807, 2.05) is 0 Å². The number of carbonyl (C=O) groups is 3. The number of phosphoric ester groups is 1. The van der Waals surface area contributed by atoms with E-state index in [0.29, 0.717) is 12.8 Å². The second kappa shape index (κ2) is 37.1. The molecule has 0 bridgehead atoms. The lowest BCUT2D eigenvalue weighted by molar-refractivity contribution is -0.161. The number of phosphoric acid groups is 1. The molecule has 0 aliphatic carbocycles. The Labute approximate surface area is 326 Å². The van der Waals surface area contributed by atoms with E-state index in [1.165, 1.54) is 51.4 Å². The van der Waals surface area contributed by atoms with Gasteiger partial charge in [0, 0.05) is 12.8 Å². The van der Waals surface area contributed by atoms with Gasteiger partial charge in [-0.15, -0.1) is 0 Å². The summed E-state index contributed by atoms with van der Waals surface area (Å²) >= 11 is 0. The van der Waals surface area contributed by atoms with Crippen molar-refractivity contribution in [1.82, 2.24) is 0 Å². The van der Waals surface area contributed by atoms with Crippen LogP contribution in [0.15, 0.2) is 60.8 Å². The molecule has 0 aromatic carbocycles. The summed E-state index contributed by atoms with van der Waals surface area (Å²) in [5.41, 5.74) is 5.32. The van der Waals surface area contributed by atoms with Crippen molar-refractivity contribution >= 4 is 25.7 Å². The SMILES string of the molecule is CC/C=C/C/C=C/C/C=C/C/C=C/CCCCC(=O)OC[C@H](COP(=O)(O)OC[C@H](N)C(=O)O)OC(=O)CCCCCCCCCCC/C=C/CCCC. The largest absolute Gasteiger partial charge is 0.480 e. The van der Waals surface area contributed by atoms with Gasteiger partial charge in [-0.05, 0) is 70.6 Å². The number of carboxylic acid groups (broad SMARTS) is 1. The summed E-state index contributed by atoms with van der Waals surface area (Å²) < 4.78 is 32.6. The molecule has 11 nitrogen and oxygen atoms in total. The van der Waals surface area contributed by atoms with E-state index in [0.717, 1.165) is 64.2 Å². The summed E-state index contributed by atoms with van der Waals surface area (Å²) in [7, 11) is -4.72. The fraction of sp³-hybridized carbons (Fsp3) is 0.690. The van der Waals surface area contributed by atoms with Crippen LogP contribution in [-0.2, 0) is 37.5 Å². The summed E-state index contributed by atoms with van der Waals surface area (Å²) in [5, 5.41) is 8.87. The highest BCUT2D eigenvalue weighted by Gasteiger charge is 2.28. The molecular formula is C42H72NO10P. The molecule has 0 aliphatic rings. The Bertz CT molecular complexity index is 1150. The van der Waals surface area contributed by atoms with E-state index in [-0.39, 0.29) is 19.4 Å². The van der Waals surface area contributed by atoms with Crippen molar-refractivity contribution in [3.05, 3.63) is 60.8 Å². The highest BCUT2D eigenvalue weighted by molar-refractivity contribution is 7.47. The molecule has 0 radical (unpaired) electrons. The monoisotopic (exact) mass is 781 g/mol. The predicted octanol–water partition coefficient (Wildman–Crippen LogP) is 10.4. The maximum Gasteiger partial charge on any atom is 0.472 e. The lowest BCUT2D eigenvalue weighted by atomic mass is 10.1. The molecule has 0 saturated carbocycles. The first kappa shape index (κ1) is 51.2. The lowest BCUT2D eigenvalue weighted by Gasteiger charge is -2.20. The highest BCUT2D eigenvalue weighted by atomic mass is 31.2. The number of rotatable bonds is 37. The molecule has 3 atom stereocenters. The number of aliphatic carboxylic acids is 1. The van der Waals surface area contributed by atoms with E-state index in [1.54, 1.807) is 0 Å². The van der Waals surface area contributed by atoms with Gasteiger partial charge in [-0.25, -0.2) is 4.57 Å². The van der Waals surface area contributed by atoms with Crippen LogP contribution >= 0.6 is 7.82 Å². The molecule has 0 amide bonds. The zero-order valence-electron chi connectivity index (χ0n) is 33.3. The van der Waals surface area contributed by atoms with Crippen LogP contribution in [0.25, 0.3) is 0 Å². The van der Waals surface area contributed by atoms with Crippen molar-refractivity contribution in [3.8, 4) is 0 Å². The van der Waals surface area contributed by atoms with Crippen LogP contribution in [-0.4, -0.2) is 59.9 Å². The zero-order valence-corrected chi connectivity index (χ0v) is 34.2. The summed E-state index contributed by atoms with van der Waals surface area (Å²) in [6.07, 6.45) is 41.5. The molecule has 0 aromatic heterocycles. The fourth-order valence-electron chi connectivity index (χ4n) is 5.04. The van der Waals surface area contributed by atoms with Gasteiger partial charge in [0.25, 0.3) is 0 Å². The van der Waals surface area contributed by atoms with Crippen molar-refractivity contribution in [2.24, 2.45) is 5.73 Å². The predicted molar refractivity (Wildman–Crippen MR) is 217 cm³/mol. The number of carbonyl (C=O) groups excluding carboxylic acids is 2. The van der Waals surface area contributed by atoms with Crippen LogP contribution in [0.5, 0.6) is 0 Å². The number of esters is 2. The summed E-state index contributed by atoms with van der Waals surface area (Å²) in [6.45, 7) is 2.60. The molecule has 1 unspecified atom stereocenters. The third-order valence-electron chi connectivity index (χ3n) is 8.25. The third kappa shape index (κ3) is 36.2. The third-order valence-corrected chi connectivity index (χ3v) is 9.20. The quantitative estimate of drug-likeness (QED) is 0.0237. The molecule has 0 aromatic rings. The van der Waals surface area contributed by atoms with Gasteiger partial charge in [-0.2, -0.15) is 0 Å². The van der Waals surface area contributed by atoms with Crippen LogP contribution in [0.2, 0.25) is 0 Å². The van der Waals surface area contributed by atoms with Crippen LogP contribution in [0.3, 0.4) is 0 Å². The minimum absolute atomic E-state index is 0.147. The number of carboxylic acids is 1. The fourth-order valence-corrected chi connectivity index (χ4v) is 5.81. The maximum atomic E-state index is 12.6. The van der Waals surface area contributed by atoms with E-state index in [4.69, 9.17) is 24.8 Å². The van der Waals surface area contributed by atoms with Crippen molar-refractivity contribution in [2.75, 3.05) is 19.8 Å². The number of hydrogen-bond donors (Lipinski definition) is 3. The normalized spacial score (nSPS) is 14.4. The maximum absolute atomic E-state index is 12.6. The first-order valence-corrected chi connectivity index (χ1v) is 21.8. The molecule has 0 spiro atoms. The van der Waals surface area contributed by atoms with Gasteiger partial charge in [0.1, 0.15) is 12.6 Å². The van der Waals surface area contributed by atoms with Gasteiger partial charge >= 0.3 is 25.7 Å². The molecule has 0 heterocycles. The molecule has 4 N–H and O–H groups in total. The Kier molecular flexibility index (Phi) is 35.2. The number of ether oxygens (including phenoxy) is 2. The minimum Gasteiger partial charge on any atom is -0.480 e. The molecule has 0 saturated heterocycles. The number of allylic oxidation sites excluding steroid dienone is 10. The zero-order chi connectivity index (χ0) is 40.0. The molecule has 0 aliphatic heterocycles. The molecule has 54 heavy (non-hydrogen) atoms. The van der Waals surface area contributed by atoms with Crippen molar-refractivity contribution in [2.45, 2.75) is 167 Å². The first-order valence-electron chi connectivity index (χ1n) is 20.3. The van der Waals surface area contributed by atoms with Crippen molar-refractivity contribution in [1.29, 1.82) is 0 Å². The Morgan fingerprint density at radius 3 is 1.61 bits per heavy atom. The van der Waals surface area contributed by atoms with Gasteiger partial charge in [0.2, 0.25) is 0 Å². The Morgan fingerprint density at radius 1 is 0.593 bits per heavy atom. The summed E-state index contributed by atoms with van der Waals surface area (Å²) in [6, 6.07) is -1.53. The van der Waals surface area contributed by atoms with Crippen LogP contribution < -0.4 is 5.73 Å². The molecule has 310 valence electrons. The summed E-state index contributed by atoms with van der Waals surface area (Å²) in [4.78, 5) is 45.8. The van der Waals surface area contributed by atoms with Gasteiger partial charge in [-0.1, -0.05) is 132 Å². The summed E-state index contributed by atoms with van der Waals surface area (Å²) in [5.74, 6) is -2.44. The van der Waals surface area contributed by atoms with Crippen molar-refractivity contribution in [3.63, 3.8) is 0 Å². The molecule has 12 heteroatoms. The van der Waals surface area contributed by atoms with Crippen LogP contribution in [0, 0.1) is 0 Å². The average molecular weight is 782 g/mol.